The summed E-state index contributed by atoms with van der Waals surface area (Å²) in [5.41, 5.74) is 2.18. The van der Waals surface area contributed by atoms with Crippen molar-refractivity contribution in [3.05, 3.63) is 84.2 Å². The molecule has 2 aromatic heterocycles. The van der Waals surface area contributed by atoms with Gasteiger partial charge < -0.3 is 5.32 Å². The number of anilines is 2. The number of halogens is 2. The monoisotopic (exact) mass is 418 g/mol. The third-order valence-electron chi connectivity index (χ3n) is 4.60. The molecule has 2 heterocycles. The van der Waals surface area contributed by atoms with Gasteiger partial charge in [-0.15, -0.1) is 0 Å². The molecule has 0 aliphatic heterocycles. The maximum atomic E-state index is 13.8. The molecule has 0 aliphatic rings. The number of Topliss-reactive ketones (excluding diaryl/α,β-unsaturated/α-hetero) is 1. The highest BCUT2D eigenvalue weighted by Gasteiger charge is 2.15. The van der Waals surface area contributed by atoms with Gasteiger partial charge >= 0.3 is 6.03 Å². The van der Waals surface area contributed by atoms with Crippen molar-refractivity contribution in [3.63, 3.8) is 0 Å². The van der Waals surface area contributed by atoms with E-state index in [0.29, 0.717) is 33.3 Å². The lowest BCUT2D eigenvalue weighted by Gasteiger charge is -2.13. The second-order valence-electron chi connectivity index (χ2n) is 6.80. The SMILES string of the molecule is CC(=O)c1cccc(NC(=O)Nc2nc3ccncc3cc2-c2ccc(F)c(F)c2)c1. The van der Waals surface area contributed by atoms with Crippen LogP contribution < -0.4 is 10.6 Å². The molecule has 2 aromatic carbocycles. The summed E-state index contributed by atoms with van der Waals surface area (Å²) in [6.45, 7) is 1.43. The number of hydrogen-bond acceptors (Lipinski definition) is 4. The number of ketones is 1. The molecule has 0 spiro atoms. The zero-order valence-electron chi connectivity index (χ0n) is 16.3. The Labute approximate surface area is 176 Å². The van der Waals surface area contributed by atoms with Gasteiger partial charge in [0.05, 0.1) is 5.52 Å². The summed E-state index contributed by atoms with van der Waals surface area (Å²) in [5, 5.41) is 5.96. The summed E-state index contributed by atoms with van der Waals surface area (Å²) >= 11 is 0. The standard InChI is InChI=1S/C23H16F2N4O2/c1-13(30)14-3-2-4-17(9-14)27-23(31)29-22-18(15-5-6-19(24)20(25)11-15)10-16-12-26-8-7-21(16)28-22/h2-12H,1H3,(H2,27,28,29,31). The van der Waals surface area contributed by atoms with Crippen molar-refractivity contribution in [1.82, 2.24) is 9.97 Å². The highest BCUT2D eigenvalue weighted by atomic mass is 19.2. The minimum Gasteiger partial charge on any atom is -0.308 e. The van der Waals surface area contributed by atoms with Gasteiger partial charge in [-0.2, -0.15) is 0 Å². The van der Waals surface area contributed by atoms with E-state index in [4.69, 9.17) is 0 Å². The summed E-state index contributed by atoms with van der Waals surface area (Å²) < 4.78 is 27.2. The third kappa shape index (κ3) is 4.37. The lowest BCUT2D eigenvalue weighted by Crippen LogP contribution is -2.21. The number of benzene rings is 2. The van der Waals surface area contributed by atoms with E-state index >= 15 is 0 Å². The second-order valence-corrected chi connectivity index (χ2v) is 6.80. The molecule has 0 fully saturated rings. The minimum absolute atomic E-state index is 0.130. The van der Waals surface area contributed by atoms with E-state index < -0.39 is 17.7 Å². The molecule has 31 heavy (non-hydrogen) atoms. The molecule has 2 N–H and O–H groups in total. The molecule has 0 unspecified atom stereocenters. The van der Waals surface area contributed by atoms with Crippen LogP contribution in [0.2, 0.25) is 0 Å². The highest BCUT2D eigenvalue weighted by Crippen LogP contribution is 2.31. The van der Waals surface area contributed by atoms with Crippen LogP contribution in [0.5, 0.6) is 0 Å². The van der Waals surface area contributed by atoms with Gasteiger partial charge in [-0.1, -0.05) is 18.2 Å². The van der Waals surface area contributed by atoms with Crippen LogP contribution in [-0.4, -0.2) is 21.8 Å². The number of urea groups is 1. The van der Waals surface area contributed by atoms with Crippen molar-refractivity contribution in [2.24, 2.45) is 0 Å². The van der Waals surface area contributed by atoms with Crippen LogP contribution in [-0.2, 0) is 0 Å². The Morgan fingerprint density at radius 1 is 0.935 bits per heavy atom. The van der Waals surface area contributed by atoms with E-state index in [1.165, 1.54) is 13.0 Å². The fraction of sp³-hybridized carbons (Fsp3) is 0.0435. The van der Waals surface area contributed by atoms with Gasteiger partial charge in [0.2, 0.25) is 0 Å². The van der Waals surface area contributed by atoms with Crippen molar-refractivity contribution in [2.45, 2.75) is 6.92 Å². The number of nitrogens with one attached hydrogen (secondary N) is 2. The van der Waals surface area contributed by atoms with Gasteiger partial charge in [-0.3, -0.25) is 15.1 Å². The van der Waals surface area contributed by atoms with Crippen molar-refractivity contribution >= 4 is 34.2 Å². The average molecular weight is 418 g/mol. The Kier molecular flexibility index (Phi) is 5.36. The maximum absolute atomic E-state index is 13.8. The smallest absolute Gasteiger partial charge is 0.308 e. The molecular weight excluding hydrogens is 402 g/mol. The van der Waals surface area contributed by atoms with E-state index in [1.54, 1.807) is 48.8 Å². The molecule has 0 saturated heterocycles. The van der Waals surface area contributed by atoms with Crippen LogP contribution in [0.25, 0.3) is 22.0 Å². The Hall–Kier alpha value is -4.20. The van der Waals surface area contributed by atoms with E-state index in [-0.39, 0.29) is 11.6 Å². The molecule has 0 saturated carbocycles. The van der Waals surface area contributed by atoms with E-state index in [0.717, 1.165) is 12.1 Å². The number of pyridine rings is 2. The fourth-order valence-electron chi connectivity index (χ4n) is 3.08. The first-order chi connectivity index (χ1) is 14.9. The van der Waals surface area contributed by atoms with E-state index in [2.05, 4.69) is 20.6 Å². The number of aromatic nitrogens is 2. The Balaban J connectivity index is 1.70. The number of carbonyl (C=O) groups excluding carboxylic acids is 2. The quantitative estimate of drug-likeness (QED) is 0.434. The van der Waals surface area contributed by atoms with Gasteiger partial charge in [-0.25, -0.2) is 18.6 Å². The maximum Gasteiger partial charge on any atom is 0.324 e. The van der Waals surface area contributed by atoms with Crippen molar-refractivity contribution in [3.8, 4) is 11.1 Å². The highest BCUT2D eigenvalue weighted by molar-refractivity contribution is 6.04. The van der Waals surface area contributed by atoms with E-state index in [9.17, 15) is 18.4 Å². The fourth-order valence-corrected chi connectivity index (χ4v) is 3.08. The summed E-state index contributed by atoms with van der Waals surface area (Å²) in [7, 11) is 0. The second kappa shape index (κ2) is 8.27. The zero-order chi connectivity index (χ0) is 22.0. The number of nitrogens with zero attached hydrogens (tertiary/aromatic N) is 2. The van der Waals surface area contributed by atoms with Crippen LogP contribution in [0.1, 0.15) is 17.3 Å². The first kappa shape index (κ1) is 20.1. The van der Waals surface area contributed by atoms with Crippen molar-refractivity contribution in [2.75, 3.05) is 10.6 Å². The molecule has 0 radical (unpaired) electrons. The van der Waals surface area contributed by atoms with Crippen LogP contribution in [0.15, 0.2) is 67.0 Å². The Morgan fingerprint density at radius 2 is 1.77 bits per heavy atom. The minimum atomic E-state index is -1.01. The first-order valence-electron chi connectivity index (χ1n) is 9.30. The molecule has 0 atom stereocenters. The molecule has 0 bridgehead atoms. The lowest BCUT2D eigenvalue weighted by molar-refractivity contribution is 0.101. The third-order valence-corrected chi connectivity index (χ3v) is 4.60. The lowest BCUT2D eigenvalue weighted by atomic mass is 10.0. The molecule has 6 nitrogen and oxygen atoms in total. The number of fused-ring (bicyclic) bond motifs is 1. The summed E-state index contributed by atoms with van der Waals surface area (Å²) in [4.78, 5) is 32.7. The van der Waals surface area contributed by atoms with Gasteiger partial charge in [0.25, 0.3) is 0 Å². The van der Waals surface area contributed by atoms with Crippen molar-refractivity contribution in [1.29, 1.82) is 0 Å². The summed E-state index contributed by atoms with van der Waals surface area (Å²) in [6.07, 6.45) is 3.15. The molecule has 0 aliphatic carbocycles. The van der Waals surface area contributed by atoms with Crippen LogP contribution in [0.3, 0.4) is 0 Å². The predicted octanol–water partition coefficient (Wildman–Crippen LogP) is 5.42. The number of rotatable bonds is 4. The molecule has 154 valence electrons. The predicted molar refractivity (Wildman–Crippen MR) is 114 cm³/mol. The van der Waals surface area contributed by atoms with Gasteiger partial charge in [-0.05, 0) is 48.9 Å². The van der Waals surface area contributed by atoms with Crippen molar-refractivity contribution < 1.29 is 18.4 Å². The van der Waals surface area contributed by atoms with Crippen LogP contribution >= 0.6 is 0 Å². The molecule has 4 aromatic rings. The van der Waals surface area contributed by atoms with Gasteiger partial charge in [0, 0.05) is 34.6 Å². The molecule has 8 heteroatoms. The number of hydrogen-bond donors (Lipinski definition) is 2. The largest absolute Gasteiger partial charge is 0.324 e. The van der Waals surface area contributed by atoms with Crippen LogP contribution in [0, 0.1) is 11.6 Å². The summed E-state index contributed by atoms with van der Waals surface area (Å²) in [6, 6.07) is 12.7. The Morgan fingerprint density at radius 3 is 2.55 bits per heavy atom. The first-order valence-corrected chi connectivity index (χ1v) is 9.30. The normalized spacial score (nSPS) is 10.7. The Bertz CT molecular complexity index is 1320. The van der Waals surface area contributed by atoms with Gasteiger partial charge in [0.1, 0.15) is 5.82 Å². The molecule has 2 amide bonds. The zero-order valence-corrected chi connectivity index (χ0v) is 16.3. The number of carbonyl (C=O) groups is 2. The van der Waals surface area contributed by atoms with E-state index in [1.807, 2.05) is 0 Å². The van der Waals surface area contributed by atoms with Gasteiger partial charge in [0.15, 0.2) is 17.4 Å². The topological polar surface area (TPSA) is 84.0 Å². The average Bonchev–Trinajstić information content (AvgIpc) is 2.75. The molecule has 4 rings (SSSR count). The summed E-state index contributed by atoms with van der Waals surface area (Å²) in [5.74, 6) is -1.96. The van der Waals surface area contributed by atoms with Crippen LogP contribution in [0.4, 0.5) is 25.1 Å². The number of amides is 2. The molecular formula is C23H16F2N4O2.